The number of hydrogen-bond donors (Lipinski definition) is 1. The van der Waals surface area contributed by atoms with Crippen LogP contribution >= 0.6 is 11.6 Å². The second kappa shape index (κ2) is 5.53. The standard InChI is InChI=1S/C13H19ClN2/c1-10-2-4-11(5-3-10)8-16-13-9-15-7-6-12(13)14/h6-7,9-11,16H,2-5,8H2,1H3. The molecule has 0 aromatic carbocycles. The van der Waals surface area contributed by atoms with Gasteiger partial charge in [-0.1, -0.05) is 31.4 Å². The molecule has 0 unspecified atom stereocenters. The van der Waals surface area contributed by atoms with Crippen molar-refractivity contribution in [1.82, 2.24) is 4.98 Å². The molecule has 1 aromatic heterocycles. The first-order chi connectivity index (χ1) is 7.75. The Hall–Kier alpha value is -0.760. The summed E-state index contributed by atoms with van der Waals surface area (Å²) in [6.45, 7) is 3.37. The molecule has 0 spiro atoms. The van der Waals surface area contributed by atoms with Crippen molar-refractivity contribution in [3.05, 3.63) is 23.5 Å². The van der Waals surface area contributed by atoms with Gasteiger partial charge in [0.25, 0.3) is 0 Å². The molecule has 16 heavy (non-hydrogen) atoms. The smallest absolute Gasteiger partial charge is 0.0716 e. The Kier molecular flexibility index (Phi) is 4.05. The van der Waals surface area contributed by atoms with E-state index in [0.717, 1.165) is 29.1 Å². The Morgan fingerprint density at radius 1 is 1.38 bits per heavy atom. The highest BCUT2D eigenvalue weighted by Gasteiger charge is 2.17. The molecule has 1 N–H and O–H groups in total. The van der Waals surface area contributed by atoms with Crippen LogP contribution in [0.15, 0.2) is 18.5 Å². The van der Waals surface area contributed by atoms with E-state index in [9.17, 15) is 0 Å². The zero-order valence-electron chi connectivity index (χ0n) is 9.75. The van der Waals surface area contributed by atoms with Gasteiger partial charge in [0.2, 0.25) is 0 Å². The fourth-order valence-corrected chi connectivity index (χ4v) is 2.47. The fraction of sp³-hybridized carbons (Fsp3) is 0.615. The first-order valence-electron chi connectivity index (χ1n) is 6.09. The third kappa shape index (κ3) is 3.11. The van der Waals surface area contributed by atoms with Crippen molar-refractivity contribution < 1.29 is 0 Å². The van der Waals surface area contributed by atoms with E-state index in [4.69, 9.17) is 11.6 Å². The van der Waals surface area contributed by atoms with Crippen molar-refractivity contribution in [3.8, 4) is 0 Å². The maximum absolute atomic E-state index is 6.06. The van der Waals surface area contributed by atoms with E-state index in [1.54, 1.807) is 12.4 Å². The molecule has 3 heteroatoms. The predicted molar refractivity (Wildman–Crippen MR) is 68.9 cm³/mol. The largest absolute Gasteiger partial charge is 0.382 e. The van der Waals surface area contributed by atoms with Crippen LogP contribution in [-0.4, -0.2) is 11.5 Å². The number of nitrogens with one attached hydrogen (secondary N) is 1. The minimum Gasteiger partial charge on any atom is -0.382 e. The van der Waals surface area contributed by atoms with E-state index in [2.05, 4.69) is 17.2 Å². The van der Waals surface area contributed by atoms with Crippen LogP contribution in [-0.2, 0) is 0 Å². The molecule has 0 bridgehead atoms. The molecule has 1 saturated carbocycles. The molecule has 0 aliphatic heterocycles. The Labute approximate surface area is 102 Å². The van der Waals surface area contributed by atoms with E-state index in [0.29, 0.717) is 0 Å². The summed E-state index contributed by atoms with van der Waals surface area (Å²) in [5, 5.41) is 4.17. The van der Waals surface area contributed by atoms with Gasteiger partial charge in [0.15, 0.2) is 0 Å². The van der Waals surface area contributed by atoms with Crippen LogP contribution in [0.3, 0.4) is 0 Å². The Morgan fingerprint density at radius 2 is 2.12 bits per heavy atom. The number of nitrogens with zero attached hydrogens (tertiary/aromatic N) is 1. The zero-order valence-corrected chi connectivity index (χ0v) is 10.5. The zero-order chi connectivity index (χ0) is 11.4. The van der Waals surface area contributed by atoms with Crippen molar-refractivity contribution in [2.45, 2.75) is 32.6 Å². The molecule has 1 fully saturated rings. The molecule has 88 valence electrons. The minimum absolute atomic E-state index is 0.763. The van der Waals surface area contributed by atoms with E-state index >= 15 is 0 Å². The van der Waals surface area contributed by atoms with E-state index in [1.165, 1.54) is 25.7 Å². The van der Waals surface area contributed by atoms with Crippen LogP contribution in [0.5, 0.6) is 0 Å². The SMILES string of the molecule is CC1CCC(CNc2cnccc2Cl)CC1. The van der Waals surface area contributed by atoms with Crippen LogP contribution < -0.4 is 5.32 Å². The van der Waals surface area contributed by atoms with Crippen LogP contribution in [0.25, 0.3) is 0 Å². The van der Waals surface area contributed by atoms with Gasteiger partial charge in [-0.05, 0) is 30.7 Å². The summed E-state index contributed by atoms with van der Waals surface area (Å²) in [5.41, 5.74) is 0.961. The summed E-state index contributed by atoms with van der Waals surface area (Å²) in [4.78, 5) is 4.07. The third-order valence-corrected chi connectivity index (χ3v) is 3.81. The summed E-state index contributed by atoms with van der Waals surface area (Å²) in [6.07, 6.45) is 8.93. The van der Waals surface area contributed by atoms with Crippen LogP contribution in [0.4, 0.5) is 5.69 Å². The summed E-state index contributed by atoms with van der Waals surface area (Å²) >= 11 is 6.06. The van der Waals surface area contributed by atoms with Crippen LogP contribution in [0, 0.1) is 11.8 Å². The normalized spacial score (nSPS) is 25.4. The van der Waals surface area contributed by atoms with Crippen molar-refractivity contribution in [3.63, 3.8) is 0 Å². The average Bonchev–Trinajstić information content (AvgIpc) is 2.30. The van der Waals surface area contributed by atoms with Gasteiger partial charge in [0.05, 0.1) is 16.9 Å². The number of aromatic nitrogens is 1. The van der Waals surface area contributed by atoms with Crippen molar-refractivity contribution in [1.29, 1.82) is 0 Å². The van der Waals surface area contributed by atoms with Crippen molar-refractivity contribution >= 4 is 17.3 Å². The number of pyridine rings is 1. The first kappa shape index (κ1) is 11.7. The summed E-state index contributed by atoms with van der Waals surface area (Å²) < 4.78 is 0. The lowest BCUT2D eigenvalue weighted by atomic mass is 9.83. The molecule has 1 aliphatic rings. The quantitative estimate of drug-likeness (QED) is 0.862. The molecule has 1 heterocycles. The molecule has 0 atom stereocenters. The second-order valence-electron chi connectivity index (χ2n) is 4.86. The maximum atomic E-state index is 6.06. The number of rotatable bonds is 3. The van der Waals surface area contributed by atoms with E-state index < -0.39 is 0 Å². The highest BCUT2D eigenvalue weighted by molar-refractivity contribution is 6.33. The molecule has 2 nitrogen and oxygen atoms in total. The molecule has 1 aromatic rings. The molecule has 2 rings (SSSR count). The summed E-state index contributed by atoms with van der Waals surface area (Å²) in [5.74, 6) is 1.71. The van der Waals surface area contributed by atoms with Crippen molar-refractivity contribution in [2.24, 2.45) is 11.8 Å². The first-order valence-corrected chi connectivity index (χ1v) is 6.47. The lowest BCUT2D eigenvalue weighted by molar-refractivity contribution is 0.300. The number of hydrogen-bond acceptors (Lipinski definition) is 2. The topological polar surface area (TPSA) is 24.9 Å². The molecule has 1 aliphatic carbocycles. The highest BCUT2D eigenvalue weighted by atomic mass is 35.5. The van der Waals surface area contributed by atoms with Crippen LogP contribution in [0.2, 0.25) is 5.02 Å². The van der Waals surface area contributed by atoms with Gasteiger partial charge in [-0.3, -0.25) is 4.98 Å². The molecule has 0 radical (unpaired) electrons. The van der Waals surface area contributed by atoms with Crippen LogP contribution in [0.1, 0.15) is 32.6 Å². The van der Waals surface area contributed by atoms with Gasteiger partial charge in [0.1, 0.15) is 0 Å². The highest BCUT2D eigenvalue weighted by Crippen LogP contribution is 2.29. The lowest BCUT2D eigenvalue weighted by Crippen LogP contribution is -2.20. The third-order valence-electron chi connectivity index (χ3n) is 3.48. The maximum Gasteiger partial charge on any atom is 0.0716 e. The summed E-state index contributed by atoms with van der Waals surface area (Å²) in [7, 11) is 0. The minimum atomic E-state index is 0.763. The van der Waals surface area contributed by atoms with Gasteiger partial charge in [0, 0.05) is 12.7 Å². The average molecular weight is 239 g/mol. The Balaban J connectivity index is 1.81. The lowest BCUT2D eigenvalue weighted by Gasteiger charge is -2.26. The monoisotopic (exact) mass is 238 g/mol. The van der Waals surface area contributed by atoms with Gasteiger partial charge in [-0.25, -0.2) is 0 Å². The Morgan fingerprint density at radius 3 is 2.81 bits per heavy atom. The van der Waals surface area contributed by atoms with E-state index in [1.807, 2.05) is 6.07 Å². The second-order valence-corrected chi connectivity index (χ2v) is 5.27. The fourth-order valence-electron chi connectivity index (χ4n) is 2.30. The Bertz CT molecular complexity index is 332. The summed E-state index contributed by atoms with van der Waals surface area (Å²) in [6, 6.07) is 1.83. The molecular formula is C13H19ClN2. The van der Waals surface area contributed by atoms with Gasteiger partial charge >= 0.3 is 0 Å². The number of halogens is 1. The number of anilines is 1. The van der Waals surface area contributed by atoms with E-state index in [-0.39, 0.29) is 0 Å². The molecular weight excluding hydrogens is 220 g/mol. The van der Waals surface area contributed by atoms with Gasteiger partial charge in [-0.2, -0.15) is 0 Å². The van der Waals surface area contributed by atoms with Crippen molar-refractivity contribution in [2.75, 3.05) is 11.9 Å². The van der Waals surface area contributed by atoms with Gasteiger partial charge in [-0.15, -0.1) is 0 Å². The predicted octanol–water partition coefficient (Wildman–Crippen LogP) is 3.97. The molecule has 0 saturated heterocycles. The molecule has 0 amide bonds. The van der Waals surface area contributed by atoms with Gasteiger partial charge < -0.3 is 5.32 Å².